The molecule has 1 aliphatic heterocycles. The summed E-state index contributed by atoms with van der Waals surface area (Å²) in [5.74, 6) is -1.58. The molecule has 8 heteroatoms. The van der Waals surface area contributed by atoms with Gasteiger partial charge in [0.05, 0.1) is 12.7 Å². The number of allylic oxidation sites excluding steroid dienone is 1. The molecule has 2 heterocycles. The molecule has 0 unspecified atom stereocenters. The van der Waals surface area contributed by atoms with Crippen molar-refractivity contribution in [2.45, 2.75) is 13.0 Å². The van der Waals surface area contributed by atoms with E-state index in [0.29, 0.717) is 11.3 Å². The maximum absolute atomic E-state index is 14.1. The molecular weight excluding hydrogens is 364 g/mol. The van der Waals surface area contributed by atoms with Gasteiger partial charge in [0, 0.05) is 22.5 Å². The molecule has 134 valence electrons. The van der Waals surface area contributed by atoms with Crippen molar-refractivity contribution < 1.29 is 18.3 Å². The number of ether oxygens (including phenoxy) is 1. The Morgan fingerprint density at radius 1 is 1.31 bits per heavy atom. The number of hydrogen-bond acceptors (Lipinski definition) is 5. The van der Waals surface area contributed by atoms with E-state index in [4.69, 9.17) is 16.3 Å². The van der Waals surface area contributed by atoms with Crippen LogP contribution in [0.25, 0.3) is 0 Å². The first-order valence-electron chi connectivity index (χ1n) is 7.62. The fourth-order valence-electron chi connectivity index (χ4n) is 2.68. The van der Waals surface area contributed by atoms with E-state index in [1.165, 1.54) is 37.6 Å². The molecule has 3 rings (SSSR count). The van der Waals surface area contributed by atoms with Gasteiger partial charge in [-0.2, -0.15) is 0 Å². The predicted octanol–water partition coefficient (Wildman–Crippen LogP) is 3.55. The number of rotatable bonds is 3. The molecule has 2 aromatic rings. The normalized spacial score (nSPS) is 16.8. The first-order chi connectivity index (χ1) is 12.4. The minimum absolute atomic E-state index is 0.000926. The smallest absolute Gasteiger partial charge is 0.338 e. The molecule has 0 radical (unpaired) electrons. The van der Waals surface area contributed by atoms with Gasteiger partial charge in [0.1, 0.15) is 17.6 Å². The van der Waals surface area contributed by atoms with Crippen molar-refractivity contribution in [3.05, 3.63) is 75.7 Å². The fourth-order valence-corrected chi connectivity index (χ4v) is 2.95. The molecule has 0 fully saturated rings. The number of aromatic nitrogens is 1. The summed E-state index contributed by atoms with van der Waals surface area (Å²) in [6.45, 7) is 1.63. The second kappa shape index (κ2) is 7.21. The summed E-state index contributed by atoms with van der Waals surface area (Å²) >= 11 is 6.15. The van der Waals surface area contributed by atoms with Crippen molar-refractivity contribution in [3.63, 3.8) is 0 Å². The highest BCUT2D eigenvalue weighted by Gasteiger charge is 2.32. The van der Waals surface area contributed by atoms with Crippen LogP contribution in [0.2, 0.25) is 5.02 Å². The number of carbonyl (C=O) groups excluding carboxylic acids is 1. The Morgan fingerprint density at radius 2 is 2.08 bits per heavy atom. The Morgan fingerprint density at radius 3 is 2.73 bits per heavy atom. The lowest BCUT2D eigenvalue weighted by molar-refractivity contribution is -0.136. The largest absolute Gasteiger partial charge is 0.466 e. The van der Waals surface area contributed by atoms with Gasteiger partial charge in [-0.1, -0.05) is 17.7 Å². The number of nitrogens with zero attached hydrogens (tertiary/aromatic N) is 2. The quantitative estimate of drug-likeness (QED) is 0.831. The van der Waals surface area contributed by atoms with Crippen LogP contribution < -0.4 is 5.32 Å². The lowest BCUT2D eigenvalue weighted by atomic mass is 9.95. The van der Waals surface area contributed by atoms with Gasteiger partial charge < -0.3 is 10.1 Å². The lowest BCUT2D eigenvalue weighted by Crippen LogP contribution is -2.33. The molecule has 0 saturated heterocycles. The highest BCUT2D eigenvalue weighted by molar-refractivity contribution is 6.31. The molecule has 0 amide bonds. The zero-order valence-electron chi connectivity index (χ0n) is 13.9. The third kappa shape index (κ3) is 3.30. The van der Waals surface area contributed by atoms with E-state index in [1.807, 2.05) is 0 Å². The van der Waals surface area contributed by atoms with Crippen molar-refractivity contribution >= 4 is 23.4 Å². The fraction of sp³-hybridized carbons (Fsp3) is 0.167. The molecule has 1 N–H and O–H groups in total. The summed E-state index contributed by atoms with van der Waals surface area (Å²) in [7, 11) is 1.24. The summed E-state index contributed by atoms with van der Waals surface area (Å²) < 4.78 is 32.4. The van der Waals surface area contributed by atoms with Crippen LogP contribution in [0, 0.1) is 11.6 Å². The predicted molar refractivity (Wildman–Crippen MR) is 92.7 cm³/mol. The number of benzene rings is 1. The molecule has 1 aliphatic rings. The van der Waals surface area contributed by atoms with E-state index >= 15 is 0 Å². The third-order valence-electron chi connectivity index (χ3n) is 3.89. The maximum Gasteiger partial charge on any atom is 0.338 e. The van der Waals surface area contributed by atoms with Crippen LogP contribution in [0.4, 0.5) is 8.78 Å². The van der Waals surface area contributed by atoms with Gasteiger partial charge in [0.25, 0.3) is 0 Å². The van der Waals surface area contributed by atoms with Crippen molar-refractivity contribution in [3.8, 4) is 0 Å². The molecule has 1 atom stereocenters. The van der Waals surface area contributed by atoms with Crippen molar-refractivity contribution in [2.75, 3.05) is 7.11 Å². The second-order valence-corrected chi connectivity index (χ2v) is 5.94. The van der Waals surface area contributed by atoms with Crippen LogP contribution in [0.1, 0.15) is 24.2 Å². The number of halogens is 3. The highest BCUT2D eigenvalue weighted by atomic mass is 35.5. The maximum atomic E-state index is 14.1. The summed E-state index contributed by atoms with van der Waals surface area (Å²) in [5.41, 5.74) is 1.00. The number of aliphatic imine (C=N–C) groups is 1. The Balaban J connectivity index is 2.17. The van der Waals surface area contributed by atoms with E-state index in [2.05, 4.69) is 15.3 Å². The molecule has 0 saturated carbocycles. The number of methoxy groups -OCH3 is 1. The zero-order chi connectivity index (χ0) is 18.8. The number of esters is 1. The van der Waals surface area contributed by atoms with E-state index in [9.17, 15) is 13.6 Å². The van der Waals surface area contributed by atoms with Crippen LogP contribution >= 0.6 is 11.6 Å². The minimum Gasteiger partial charge on any atom is -0.466 e. The summed E-state index contributed by atoms with van der Waals surface area (Å²) in [6.07, 6.45) is 1.43. The zero-order valence-corrected chi connectivity index (χ0v) is 14.6. The minimum atomic E-state index is -0.895. The van der Waals surface area contributed by atoms with Gasteiger partial charge in [-0.05, 0) is 31.2 Å². The molecular formula is C18H14ClF2N3O2. The summed E-state index contributed by atoms with van der Waals surface area (Å²) in [6, 6.07) is 5.58. The third-order valence-corrected chi connectivity index (χ3v) is 4.21. The van der Waals surface area contributed by atoms with Gasteiger partial charge in [0.2, 0.25) is 0 Å². The molecule has 1 aromatic heterocycles. The molecule has 0 spiro atoms. The highest BCUT2D eigenvalue weighted by Crippen LogP contribution is 2.36. The van der Waals surface area contributed by atoms with E-state index in [1.54, 1.807) is 6.92 Å². The Labute approximate surface area is 153 Å². The van der Waals surface area contributed by atoms with Crippen LogP contribution in [0.5, 0.6) is 0 Å². The number of pyridine rings is 1. The van der Waals surface area contributed by atoms with Crippen LogP contribution in [0.15, 0.2) is 52.8 Å². The molecule has 26 heavy (non-hydrogen) atoms. The van der Waals surface area contributed by atoms with Gasteiger partial charge >= 0.3 is 5.97 Å². The van der Waals surface area contributed by atoms with E-state index < -0.39 is 23.6 Å². The second-order valence-electron chi connectivity index (χ2n) is 5.54. The van der Waals surface area contributed by atoms with Crippen LogP contribution in [-0.2, 0) is 9.53 Å². The first-order valence-corrected chi connectivity index (χ1v) is 8.00. The first kappa shape index (κ1) is 18.0. The average Bonchev–Trinajstić information content (AvgIpc) is 2.61. The Hall–Kier alpha value is -2.80. The standard InChI is InChI=1S/C18H14ClF2N3O2/c1-9-14(18(25)26-2)15(11-6-5-10(20)8-12(11)19)24-17(23-9)16-13(21)4-3-7-22-16/h3-8,15H,1-2H3,(H,23,24)/t15-/m0/s1. The van der Waals surface area contributed by atoms with E-state index in [0.717, 1.165) is 6.07 Å². The number of carbonyl (C=O) groups is 1. The summed E-state index contributed by atoms with van der Waals surface area (Å²) in [5, 5.41) is 2.97. The number of nitrogens with one attached hydrogen (secondary N) is 1. The van der Waals surface area contributed by atoms with Gasteiger partial charge in [-0.3, -0.25) is 4.99 Å². The van der Waals surface area contributed by atoms with Crippen LogP contribution in [0.3, 0.4) is 0 Å². The van der Waals surface area contributed by atoms with Gasteiger partial charge in [-0.25, -0.2) is 18.6 Å². The van der Waals surface area contributed by atoms with Crippen molar-refractivity contribution in [2.24, 2.45) is 4.99 Å². The van der Waals surface area contributed by atoms with Gasteiger partial charge in [0.15, 0.2) is 11.7 Å². The summed E-state index contributed by atoms with van der Waals surface area (Å²) in [4.78, 5) is 20.7. The SMILES string of the molecule is COC(=O)C1=C(C)NC(c2ncccc2F)=N[C@H]1c1ccc(F)cc1Cl. The number of amidine groups is 1. The van der Waals surface area contributed by atoms with Crippen molar-refractivity contribution in [1.82, 2.24) is 10.3 Å². The van der Waals surface area contributed by atoms with E-state index in [-0.39, 0.29) is 22.1 Å². The average molecular weight is 378 g/mol. The lowest BCUT2D eigenvalue weighted by Gasteiger charge is -2.26. The number of hydrogen-bond donors (Lipinski definition) is 1. The Bertz CT molecular complexity index is 944. The topological polar surface area (TPSA) is 63.6 Å². The molecule has 1 aromatic carbocycles. The van der Waals surface area contributed by atoms with Crippen molar-refractivity contribution in [1.29, 1.82) is 0 Å². The molecule has 5 nitrogen and oxygen atoms in total. The Kier molecular flexibility index (Phi) is 4.99. The molecule has 0 aliphatic carbocycles. The molecule has 0 bridgehead atoms. The van der Waals surface area contributed by atoms with Crippen LogP contribution in [-0.4, -0.2) is 23.9 Å². The monoisotopic (exact) mass is 377 g/mol. The van der Waals surface area contributed by atoms with Gasteiger partial charge in [-0.15, -0.1) is 0 Å².